The fraction of sp³-hybridized carbons (Fsp3) is 0.769. The van der Waals surface area contributed by atoms with Crippen LogP contribution in [0.25, 0.3) is 0 Å². The van der Waals surface area contributed by atoms with Crippen molar-refractivity contribution in [3.63, 3.8) is 0 Å². The number of likely N-dealkylation sites (tertiary alicyclic amines) is 1. The number of amides is 3. The molecule has 112 valence electrons. The van der Waals surface area contributed by atoms with Gasteiger partial charge < -0.3 is 20.6 Å². The summed E-state index contributed by atoms with van der Waals surface area (Å²) >= 11 is 0. The number of rotatable bonds is 4. The summed E-state index contributed by atoms with van der Waals surface area (Å²) in [5, 5.41) is 14.6. The number of carbonyl (C=O) groups is 3. The van der Waals surface area contributed by atoms with E-state index in [1.54, 1.807) is 6.92 Å². The van der Waals surface area contributed by atoms with E-state index in [1.165, 1.54) is 4.90 Å². The van der Waals surface area contributed by atoms with Crippen molar-refractivity contribution in [1.82, 2.24) is 15.5 Å². The normalized spacial score (nSPS) is 25.9. The molecule has 7 heteroatoms. The van der Waals surface area contributed by atoms with Crippen LogP contribution in [0.5, 0.6) is 0 Å². The molecule has 1 unspecified atom stereocenters. The number of carbonyl (C=O) groups excluding carboxylic acids is 2. The van der Waals surface area contributed by atoms with Crippen molar-refractivity contribution >= 4 is 17.9 Å². The molecule has 2 aliphatic rings. The third-order valence-electron chi connectivity index (χ3n) is 3.94. The first-order valence-electron chi connectivity index (χ1n) is 7.02. The highest BCUT2D eigenvalue weighted by atomic mass is 16.4. The number of carboxylic acids is 1. The van der Waals surface area contributed by atoms with Crippen LogP contribution in [0.4, 0.5) is 4.79 Å². The minimum Gasteiger partial charge on any atom is -0.480 e. The molecule has 3 N–H and O–H groups in total. The molecule has 1 aliphatic heterocycles. The van der Waals surface area contributed by atoms with Crippen LogP contribution in [0.2, 0.25) is 0 Å². The lowest BCUT2D eigenvalue weighted by atomic mass is 9.89. The highest BCUT2D eigenvalue weighted by Gasteiger charge is 2.44. The van der Waals surface area contributed by atoms with Crippen LogP contribution >= 0.6 is 0 Å². The summed E-state index contributed by atoms with van der Waals surface area (Å²) in [5.74, 6) is -1.23. The topological polar surface area (TPSA) is 98.7 Å². The Kier molecular flexibility index (Phi) is 4.15. The van der Waals surface area contributed by atoms with Gasteiger partial charge in [0.1, 0.15) is 5.54 Å². The fourth-order valence-corrected chi connectivity index (χ4v) is 2.43. The Hall–Kier alpha value is -1.79. The summed E-state index contributed by atoms with van der Waals surface area (Å²) in [4.78, 5) is 36.3. The molecule has 1 atom stereocenters. The smallest absolute Gasteiger partial charge is 0.329 e. The number of urea groups is 1. The van der Waals surface area contributed by atoms with Gasteiger partial charge in [-0.05, 0) is 39.0 Å². The molecule has 1 aliphatic carbocycles. The molecule has 7 nitrogen and oxygen atoms in total. The number of nitrogens with one attached hydrogen (secondary N) is 2. The Bertz CT molecular complexity index is 422. The van der Waals surface area contributed by atoms with Crippen molar-refractivity contribution in [3.8, 4) is 0 Å². The number of hydrogen-bond acceptors (Lipinski definition) is 3. The van der Waals surface area contributed by atoms with E-state index < -0.39 is 17.5 Å². The Morgan fingerprint density at radius 3 is 2.60 bits per heavy atom. The Labute approximate surface area is 117 Å². The van der Waals surface area contributed by atoms with Crippen molar-refractivity contribution in [2.24, 2.45) is 0 Å². The third-order valence-corrected chi connectivity index (χ3v) is 3.94. The first kappa shape index (κ1) is 14.6. The van der Waals surface area contributed by atoms with E-state index in [2.05, 4.69) is 10.6 Å². The van der Waals surface area contributed by atoms with Gasteiger partial charge in [-0.15, -0.1) is 0 Å². The first-order chi connectivity index (χ1) is 9.43. The highest BCUT2D eigenvalue weighted by Crippen LogP contribution is 2.28. The van der Waals surface area contributed by atoms with Crippen LogP contribution in [-0.2, 0) is 9.59 Å². The molecule has 0 aromatic rings. The second kappa shape index (κ2) is 5.68. The Morgan fingerprint density at radius 1 is 1.30 bits per heavy atom. The molecule has 0 bridgehead atoms. The number of piperidine rings is 1. The van der Waals surface area contributed by atoms with Crippen LogP contribution in [-0.4, -0.2) is 52.6 Å². The van der Waals surface area contributed by atoms with E-state index >= 15 is 0 Å². The van der Waals surface area contributed by atoms with E-state index in [9.17, 15) is 19.5 Å². The number of carboxylic acid groups (broad SMARTS) is 1. The quantitative estimate of drug-likeness (QED) is 0.691. The van der Waals surface area contributed by atoms with Crippen LogP contribution in [0.3, 0.4) is 0 Å². The van der Waals surface area contributed by atoms with Crippen molar-refractivity contribution < 1.29 is 19.5 Å². The maximum absolute atomic E-state index is 12.1. The van der Waals surface area contributed by atoms with E-state index in [1.807, 2.05) is 0 Å². The predicted octanol–water partition coefficient (Wildman–Crippen LogP) is 0.304. The number of hydrogen-bond donors (Lipinski definition) is 3. The van der Waals surface area contributed by atoms with E-state index in [0.29, 0.717) is 13.0 Å². The van der Waals surface area contributed by atoms with Gasteiger partial charge in [0, 0.05) is 12.6 Å². The van der Waals surface area contributed by atoms with Gasteiger partial charge >= 0.3 is 12.0 Å². The van der Waals surface area contributed by atoms with Crippen molar-refractivity contribution in [1.29, 1.82) is 0 Å². The second-order valence-corrected chi connectivity index (χ2v) is 5.69. The van der Waals surface area contributed by atoms with Crippen LogP contribution in [0, 0.1) is 0 Å². The number of aliphatic carboxylic acids is 1. The molecule has 0 aromatic heterocycles. The maximum Gasteiger partial charge on any atom is 0.329 e. The SMILES string of the molecule is CC1(C(=O)O)CCCCN1C(=O)NCC(=O)NC1CC1. The zero-order chi connectivity index (χ0) is 14.8. The summed E-state index contributed by atoms with van der Waals surface area (Å²) in [7, 11) is 0. The fourth-order valence-electron chi connectivity index (χ4n) is 2.43. The predicted molar refractivity (Wildman–Crippen MR) is 71.2 cm³/mol. The number of nitrogens with zero attached hydrogens (tertiary/aromatic N) is 1. The molecule has 0 aromatic carbocycles. The average Bonchev–Trinajstić information content (AvgIpc) is 3.20. The molecule has 2 fully saturated rings. The zero-order valence-electron chi connectivity index (χ0n) is 11.6. The molecule has 3 amide bonds. The van der Waals surface area contributed by atoms with Crippen molar-refractivity contribution in [2.45, 2.75) is 50.6 Å². The Morgan fingerprint density at radius 2 is 2.00 bits per heavy atom. The second-order valence-electron chi connectivity index (χ2n) is 5.69. The Balaban J connectivity index is 1.88. The van der Waals surface area contributed by atoms with Crippen LogP contribution in [0.1, 0.15) is 39.0 Å². The monoisotopic (exact) mass is 283 g/mol. The standard InChI is InChI=1S/C13H21N3O4/c1-13(11(18)19)6-2-3-7-16(13)12(20)14-8-10(17)15-9-4-5-9/h9H,2-8H2,1H3,(H,14,20)(H,15,17)(H,18,19). The largest absolute Gasteiger partial charge is 0.480 e. The molecule has 1 saturated heterocycles. The maximum atomic E-state index is 12.1. The molecule has 1 saturated carbocycles. The molecule has 20 heavy (non-hydrogen) atoms. The minimum atomic E-state index is -1.19. The molecule has 1 heterocycles. The lowest BCUT2D eigenvalue weighted by Gasteiger charge is -2.41. The van der Waals surface area contributed by atoms with Gasteiger partial charge in [-0.3, -0.25) is 4.79 Å². The van der Waals surface area contributed by atoms with Gasteiger partial charge in [0.25, 0.3) is 0 Å². The molecule has 0 radical (unpaired) electrons. The zero-order valence-corrected chi connectivity index (χ0v) is 11.6. The van der Waals surface area contributed by atoms with Gasteiger partial charge in [0.2, 0.25) is 5.91 Å². The van der Waals surface area contributed by atoms with E-state index in [-0.39, 0.29) is 18.5 Å². The van der Waals surface area contributed by atoms with Crippen molar-refractivity contribution in [2.75, 3.05) is 13.1 Å². The summed E-state index contributed by atoms with van der Waals surface area (Å²) in [5.41, 5.74) is -1.19. The first-order valence-corrected chi connectivity index (χ1v) is 7.02. The van der Waals surface area contributed by atoms with E-state index in [4.69, 9.17) is 0 Å². The lowest BCUT2D eigenvalue weighted by Crippen LogP contribution is -2.60. The van der Waals surface area contributed by atoms with Crippen molar-refractivity contribution in [3.05, 3.63) is 0 Å². The van der Waals surface area contributed by atoms with Crippen LogP contribution < -0.4 is 10.6 Å². The molecular formula is C13H21N3O4. The van der Waals surface area contributed by atoms with E-state index in [0.717, 1.165) is 25.7 Å². The average molecular weight is 283 g/mol. The van der Waals surface area contributed by atoms with Gasteiger partial charge in [0.05, 0.1) is 6.54 Å². The molecular weight excluding hydrogens is 262 g/mol. The summed E-state index contributed by atoms with van der Waals surface area (Å²) in [6.07, 6.45) is 3.98. The van der Waals surface area contributed by atoms with Gasteiger partial charge in [-0.1, -0.05) is 0 Å². The van der Waals surface area contributed by atoms with Gasteiger partial charge in [-0.25, -0.2) is 9.59 Å². The van der Waals surface area contributed by atoms with Gasteiger partial charge in [0.15, 0.2) is 0 Å². The molecule has 2 rings (SSSR count). The molecule has 0 spiro atoms. The highest BCUT2D eigenvalue weighted by molar-refractivity contribution is 5.88. The van der Waals surface area contributed by atoms with Gasteiger partial charge in [-0.2, -0.15) is 0 Å². The lowest BCUT2D eigenvalue weighted by molar-refractivity contribution is -0.150. The minimum absolute atomic E-state index is 0.110. The van der Waals surface area contributed by atoms with Crippen LogP contribution in [0.15, 0.2) is 0 Å². The summed E-state index contributed by atoms with van der Waals surface area (Å²) in [6.45, 7) is 1.85. The third kappa shape index (κ3) is 3.20. The summed E-state index contributed by atoms with van der Waals surface area (Å²) < 4.78 is 0. The summed E-state index contributed by atoms with van der Waals surface area (Å²) in [6, 6.07) is -0.237.